The predicted molar refractivity (Wildman–Crippen MR) is 76.2 cm³/mol. The van der Waals surface area contributed by atoms with E-state index in [1.165, 1.54) is 0 Å². The van der Waals surface area contributed by atoms with Gasteiger partial charge in [0.15, 0.2) is 5.82 Å². The van der Waals surface area contributed by atoms with Gasteiger partial charge in [-0.1, -0.05) is 31.2 Å². The summed E-state index contributed by atoms with van der Waals surface area (Å²) in [4.78, 5) is 10.0. The molecule has 0 aliphatic heterocycles. The standard InChI is InChI=1S/C15H14F2N2O2/c1-2-10-3-5-11(6-4-10)9-18-15-13(17)7-12(16)8-14(15)19(20)21/h3-8,18H,2,9H2,1H3. The fourth-order valence-corrected chi connectivity index (χ4v) is 1.96. The number of anilines is 1. The third-order valence-corrected chi connectivity index (χ3v) is 3.13. The van der Waals surface area contributed by atoms with Crippen LogP contribution in [0.3, 0.4) is 0 Å². The fourth-order valence-electron chi connectivity index (χ4n) is 1.96. The minimum Gasteiger partial charge on any atom is -0.373 e. The van der Waals surface area contributed by atoms with Gasteiger partial charge in [0.1, 0.15) is 11.5 Å². The molecule has 21 heavy (non-hydrogen) atoms. The van der Waals surface area contributed by atoms with Crippen LogP contribution < -0.4 is 5.32 Å². The molecule has 0 fully saturated rings. The summed E-state index contributed by atoms with van der Waals surface area (Å²) < 4.78 is 26.7. The molecule has 0 aliphatic carbocycles. The second-order valence-electron chi connectivity index (χ2n) is 4.56. The molecule has 2 rings (SSSR count). The van der Waals surface area contributed by atoms with Crippen molar-refractivity contribution < 1.29 is 13.7 Å². The third-order valence-electron chi connectivity index (χ3n) is 3.13. The molecule has 4 nitrogen and oxygen atoms in total. The average molecular weight is 292 g/mol. The lowest BCUT2D eigenvalue weighted by atomic mass is 10.1. The van der Waals surface area contributed by atoms with Crippen molar-refractivity contribution in [2.75, 3.05) is 5.32 Å². The maximum Gasteiger partial charge on any atom is 0.298 e. The van der Waals surface area contributed by atoms with Gasteiger partial charge < -0.3 is 5.32 Å². The zero-order valence-corrected chi connectivity index (χ0v) is 11.4. The van der Waals surface area contributed by atoms with Crippen LogP contribution in [0.5, 0.6) is 0 Å². The highest BCUT2D eigenvalue weighted by Gasteiger charge is 2.20. The van der Waals surface area contributed by atoms with Crippen molar-refractivity contribution in [3.8, 4) is 0 Å². The molecule has 0 aliphatic rings. The van der Waals surface area contributed by atoms with Gasteiger partial charge in [-0.05, 0) is 17.5 Å². The third kappa shape index (κ3) is 3.53. The lowest BCUT2D eigenvalue weighted by molar-refractivity contribution is -0.384. The molecule has 0 bridgehead atoms. The molecule has 0 amide bonds. The predicted octanol–water partition coefficient (Wildman–Crippen LogP) is 4.05. The summed E-state index contributed by atoms with van der Waals surface area (Å²) in [7, 11) is 0. The van der Waals surface area contributed by atoms with E-state index < -0.39 is 22.2 Å². The van der Waals surface area contributed by atoms with E-state index in [0.717, 1.165) is 17.5 Å². The highest BCUT2D eigenvalue weighted by Crippen LogP contribution is 2.29. The lowest BCUT2D eigenvalue weighted by Crippen LogP contribution is -2.05. The zero-order chi connectivity index (χ0) is 15.4. The minimum absolute atomic E-state index is 0.216. The summed E-state index contributed by atoms with van der Waals surface area (Å²) in [5.41, 5.74) is 1.10. The van der Waals surface area contributed by atoms with E-state index in [1.54, 1.807) is 0 Å². The Hall–Kier alpha value is -2.50. The van der Waals surface area contributed by atoms with Gasteiger partial charge in [-0.25, -0.2) is 8.78 Å². The Kier molecular flexibility index (Phi) is 4.47. The molecule has 0 spiro atoms. The van der Waals surface area contributed by atoms with E-state index in [0.29, 0.717) is 12.1 Å². The minimum atomic E-state index is -0.980. The number of nitro benzene ring substituents is 1. The molecular formula is C15H14F2N2O2. The molecule has 0 saturated heterocycles. The SMILES string of the molecule is CCc1ccc(CNc2c(F)cc(F)cc2[N+](=O)[O-])cc1. The first-order valence-corrected chi connectivity index (χ1v) is 6.46. The largest absolute Gasteiger partial charge is 0.373 e. The maximum absolute atomic E-state index is 13.7. The first-order chi connectivity index (χ1) is 10.0. The summed E-state index contributed by atoms with van der Waals surface area (Å²) in [6.07, 6.45) is 0.909. The number of hydrogen-bond donors (Lipinski definition) is 1. The number of aryl methyl sites for hydroxylation is 1. The van der Waals surface area contributed by atoms with Crippen molar-refractivity contribution in [2.45, 2.75) is 19.9 Å². The first-order valence-electron chi connectivity index (χ1n) is 6.46. The second-order valence-corrected chi connectivity index (χ2v) is 4.56. The monoisotopic (exact) mass is 292 g/mol. The van der Waals surface area contributed by atoms with E-state index in [1.807, 2.05) is 31.2 Å². The van der Waals surface area contributed by atoms with Crippen molar-refractivity contribution in [2.24, 2.45) is 0 Å². The van der Waals surface area contributed by atoms with Crippen molar-refractivity contribution in [3.05, 3.63) is 69.3 Å². The Morgan fingerprint density at radius 2 is 1.76 bits per heavy atom. The highest BCUT2D eigenvalue weighted by molar-refractivity contribution is 5.62. The van der Waals surface area contributed by atoms with Crippen LogP contribution in [-0.4, -0.2) is 4.92 Å². The fraction of sp³-hybridized carbons (Fsp3) is 0.200. The summed E-state index contributed by atoms with van der Waals surface area (Å²) in [5.74, 6) is -1.95. The van der Waals surface area contributed by atoms with E-state index in [2.05, 4.69) is 5.32 Å². The van der Waals surface area contributed by atoms with Gasteiger partial charge in [0.2, 0.25) is 0 Å². The van der Waals surface area contributed by atoms with Gasteiger partial charge >= 0.3 is 0 Å². The molecule has 1 N–H and O–H groups in total. The van der Waals surface area contributed by atoms with Crippen molar-refractivity contribution in [1.82, 2.24) is 0 Å². The van der Waals surface area contributed by atoms with Crippen molar-refractivity contribution in [1.29, 1.82) is 0 Å². The van der Waals surface area contributed by atoms with Crippen LogP contribution in [0.15, 0.2) is 36.4 Å². The van der Waals surface area contributed by atoms with Crippen LogP contribution in [0.25, 0.3) is 0 Å². The molecule has 0 atom stereocenters. The Morgan fingerprint density at radius 1 is 1.14 bits per heavy atom. The summed E-state index contributed by atoms with van der Waals surface area (Å²) >= 11 is 0. The smallest absolute Gasteiger partial charge is 0.298 e. The number of nitrogens with one attached hydrogen (secondary N) is 1. The number of rotatable bonds is 5. The second kappa shape index (κ2) is 6.30. The quantitative estimate of drug-likeness (QED) is 0.668. The summed E-state index contributed by atoms with van der Waals surface area (Å²) in [6, 6.07) is 8.91. The number of hydrogen-bond acceptors (Lipinski definition) is 3. The van der Waals surface area contributed by atoms with Crippen LogP contribution in [0.1, 0.15) is 18.1 Å². The molecule has 110 valence electrons. The molecule has 0 saturated carbocycles. The first kappa shape index (κ1) is 14.9. The van der Waals surface area contributed by atoms with Crippen molar-refractivity contribution in [3.63, 3.8) is 0 Å². The molecule has 2 aromatic carbocycles. The summed E-state index contributed by atoms with van der Waals surface area (Å²) in [5, 5.41) is 13.5. The number of nitro groups is 1. The van der Waals surface area contributed by atoms with Crippen LogP contribution in [0.2, 0.25) is 0 Å². The van der Waals surface area contributed by atoms with Gasteiger partial charge in [0.25, 0.3) is 5.69 Å². The molecule has 0 unspecified atom stereocenters. The van der Waals surface area contributed by atoms with Crippen LogP contribution >= 0.6 is 0 Å². The van der Waals surface area contributed by atoms with Gasteiger partial charge in [-0.2, -0.15) is 0 Å². The van der Waals surface area contributed by atoms with Gasteiger partial charge in [-0.15, -0.1) is 0 Å². The highest BCUT2D eigenvalue weighted by atomic mass is 19.1. The molecule has 2 aromatic rings. The Labute approximate surface area is 120 Å². The van der Waals surface area contributed by atoms with Crippen LogP contribution in [-0.2, 0) is 13.0 Å². The van der Waals surface area contributed by atoms with E-state index in [4.69, 9.17) is 0 Å². The topological polar surface area (TPSA) is 55.2 Å². The Bertz CT molecular complexity index is 657. The molecule has 0 radical (unpaired) electrons. The molecule has 0 aromatic heterocycles. The Morgan fingerprint density at radius 3 is 2.33 bits per heavy atom. The van der Waals surface area contributed by atoms with E-state index in [9.17, 15) is 18.9 Å². The zero-order valence-electron chi connectivity index (χ0n) is 11.4. The summed E-state index contributed by atoms with van der Waals surface area (Å²) in [6.45, 7) is 2.25. The van der Waals surface area contributed by atoms with Crippen molar-refractivity contribution >= 4 is 11.4 Å². The van der Waals surface area contributed by atoms with Gasteiger partial charge in [-0.3, -0.25) is 10.1 Å². The van der Waals surface area contributed by atoms with Crippen LogP contribution in [0, 0.1) is 21.7 Å². The molecular weight excluding hydrogens is 278 g/mol. The maximum atomic E-state index is 13.7. The number of nitrogens with zero attached hydrogens (tertiary/aromatic N) is 1. The molecule has 0 heterocycles. The average Bonchev–Trinajstić information content (AvgIpc) is 2.46. The van der Waals surface area contributed by atoms with Gasteiger partial charge in [0.05, 0.1) is 11.0 Å². The Balaban J connectivity index is 2.20. The lowest BCUT2D eigenvalue weighted by Gasteiger charge is -2.09. The van der Waals surface area contributed by atoms with E-state index >= 15 is 0 Å². The molecule has 6 heteroatoms. The van der Waals surface area contributed by atoms with E-state index in [-0.39, 0.29) is 12.2 Å². The number of halogens is 2. The normalized spacial score (nSPS) is 10.4. The van der Waals surface area contributed by atoms with Gasteiger partial charge in [0, 0.05) is 12.6 Å². The van der Waals surface area contributed by atoms with Crippen LogP contribution in [0.4, 0.5) is 20.2 Å². The number of benzene rings is 2.